The van der Waals surface area contributed by atoms with Crippen molar-refractivity contribution in [2.24, 2.45) is 0 Å². The average molecular weight is 312 g/mol. The highest BCUT2D eigenvalue weighted by Crippen LogP contribution is 2.22. The fourth-order valence-electron chi connectivity index (χ4n) is 1.27. The Balaban J connectivity index is 2.01. The Kier molecular flexibility index (Phi) is 3.75. The van der Waals surface area contributed by atoms with Gasteiger partial charge in [-0.25, -0.2) is 0 Å². The molecule has 0 aliphatic heterocycles. The van der Waals surface area contributed by atoms with Gasteiger partial charge in [-0.2, -0.15) is 0 Å². The summed E-state index contributed by atoms with van der Waals surface area (Å²) in [5.74, 6) is -0.224. The van der Waals surface area contributed by atoms with Gasteiger partial charge in [0.2, 0.25) is 0 Å². The molecule has 0 atom stereocenters. The second-order valence-electron chi connectivity index (χ2n) is 3.35. The topological polar surface area (TPSA) is 68.0 Å². The minimum absolute atomic E-state index is 0.224. The van der Waals surface area contributed by atoms with Crippen LogP contribution in [0.5, 0.6) is 0 Å². The zero-order valence-electron chi connectivity index (χ0n) is 8.81. The number of amides is 1. The van der Waals surface area contributed by atoms with Crippen molar-refractivity contribution in [2.75, 3.05) is 5.73 Å². The number of aromatic nitrogens is 1. The number of nitrogens with zero attached hydrogens (tertiary/aromatic N) is 1. The molecule has 0 unspecified atom stereocenters. The number of pyridine rings is 1. The molecule has 0 radical (unpaired) electrons. The molecule has 1 amide bonds. The van der Waals surface area contributed by atoms with Gasteiger partial charge in [0, 0.05) is 21.2 Å². The second kappa shape index (κ2) is 5.29. The molecule has 0 saturated carbocycles. The van der Waals surface area contributed by atoms with E-state index in [0.29, 0.717) is 17.9 Å². The maximum Gasteiger partial charge on any atom is 0.270 e. The third-order valence-corrected chi connectivity index (χ3v) is 4.04. The first-order valence-electron chi connectivity index (χ1n) is 4.88. The van der Waals surface area contributed by atoms with E-state index in [1.54, 1.807) is 23.5 Å². The lowest BCUT2D eigenvalue weighted by molar-refractivity contribution is 0.0946. The van der Waals surface area contributed by atoms with E-state index >= 15 is 0 Å². The van der Waals surface area contributed by atoms with Gasteiger partial charge in [0.25, 0.3) is 5.91 Å². The molecule has 3 N–H and O–H groups in total. The van der Waals surface area contributed by atoms with Crippen LogP contribution in [-0.2, 0) is 6.54 Å². The highest BCUT2D eigenvalue weighted by molar-refractivity contribution is 9.10. The zero-order chi connectivity index (χ0) is 12.3. The Hall–Kier alpha value is -1.40. The van der Waals surface area contributed by atoms with Crippen molar-refractivity contribution in [3.05, 3.63) is 44.8 Å². The lowest BCUT2D eigenvalue weighted by Crippen LogP contribution is -2.23. The van der Waals surface area contributed by atoms with Crippen LogP contribution in [0.2, 0.25) is 0 Å². The Morgan fingerprint density at radius 2 is 2.35 bits per heavy atom. The van der Waals surface area contributed by atoms with Crippen molar-refractivity contribution in [1.29, 1.82) is 0 Å². The molecule has 0 spiro atoms. The smallest absolute Gasteiger partial charge is 0.270 e. The first kappa shape index (κ1) is 12.1. The molecule has 2 aromatic heterocycles. The van der Waals surface area contributed by atoms with Crippen LogP contribution in [0.4, 0.5) is 5.69 Å². The van der Waals surface area contributed by atoms with Gasteiger partial charge in [-0.3, -0.25) is 9.78 Å². The number of carbonyl (C=O) groups excluding carboxylic acids is 1. The maximum absolute atomic E-state index is 11.8. The molecule has 4 nitrogen and oxygen atoms in total. The number of thiophene rings is 1. The molecule has 0 bridgehead atoms. The molecule has 0 aliphatic rings. The fraction of sp³-hybridized carbons (Fsp3) is 0.0909. The molecule has 0 fully saturated rings. The predicted molar refractivity (Wildman–Crippen MR) is 71.8 cm³/mol. The van der Waals surface area contributed by atoms with Crippen LogP contribution >= 0.6 is 27.3 Å². The summed E-state index contributed by atoms with van der Waals surface area (Å²) in [6.07, 6.45) is 1.52. The number of carbonyl (C=O) groups is 1. The molecule has 17 heavy (non-hydrogen) atoms. The summed E-state index contributed by atoms with van der Waals surface area (Å²) in [5.41, 5.74) is 6.45. The minimum atomic E-state index is -0.224. The standard InChI is InChI=1S/C11H10BrN3OS/c12-8-2-4-17-10(8)6-15-11(16)9-5-7(13)1-3-14-9/h1-5H,6H2,(H2,13,14)(H,15,16). The van der Waals surface area contributed by atoms with E-state index in [0.717, 1.165) is 9.35 Å². The number of nitrogens with one attached hydrogen (secondary N) is 1. The lowest BCUT2D eigenvalue weighted by atomic mass is 10.3. The molecule has 0 saturated heterocycles. The molecule has 2 aromatic rings. The number of nitrogens with two attached hydrogens (primary N) is 1. The van der Waals surface area contributed by atoms with Gasteiger partial charge in [-0.05, 0) is 39.5 Å². The van der Waals surface area contributed by atoms with Gasteiger partial charge in [-0.1, -0.05) is 0 Å². The number of anilines is 1. The van der Waals surface area contributed by atoms with Crippen molar-refractivity contribution in [3.63, 3.8) is 0 Å². The van der Waals surface area contributed by atoms with Gasteiger partial charge < -0.3 is 11.1 Å². The van der Waals surface area contributed by atoms with Crippen LogP contribution in [0, 0.1) is 0 Å². The van der Waals surface area contributed by atoms with Crippen LogP contribution in [0.3, 0.4) is 0 Å². The molecule has 2 heterocycles. The van der Waals surface area contributed by atoms with E-state index in [1.807, 2.05) is 11.4 Å². The highest BCUT2D eigenvalue weighted by atomic mass is 79.9. The Morgan fingerprint density at radius 1 is 1.53 bits per heavy atom. The van der Waals surface area contributed by atoms with E-state index in [4.69, 9.17) is 5.73 Å². The van der Waals surface area contributed by atoms with E-state index < -0.39 is 0 Å². The van der Waals surface area contributed by atoms with Crippen molar-refractivity contribution in [2.45, 2.75) is 6.54 Å². The van der Waals surface area contributed by atoms with E-state index in [1.165, 1.54) is 6.20 Å². The van der Waals surface area contributed by atoms with Gasteiger partial charge in [0.05, 0.1) is 6.54 Å². The first-order chi connectivity index (χ1) is 8.16. The summed E-state index contributed by atoms with van der Waals surface area (Å²) in [6, 6.07) is 5.15. The average Bonchev–Trinajstić information content (AvgIpc) is 2.72. The number of rotatable bonds is 3. The van der Waals surface area contributed by atoms with Crippen LogP contribution in [0.25, 0.3) is 0 Å². The van der Waals surface area contributed by atoms with E-state index in [2.05, 4.69) is 26.2 Å². The summed E-state index contributed by atoms with van der Waals surface area (Å²) < 4.78 is 1.00. The normalized spacial score (nSPS) is 10.2. The van der Waals surface area contributed by atoms with Gasteiger partial charge in [-0.15, -0.1) is 11.3 Å². The first-order valence-corrected chi connectivity index (χ1v) is 6.55. The summed E-state index contributed by atoms with van der Waals surface area (Å²) >= 11 is 4.99. The molecule has 2 rings (SSSR count). The Bertz CT molecular complexity index is 541. The molecule has 0 aliphatic carbocycles. The quantitative estimate of drug-likeness (QED) is 0.914. The van der Waals surface area contributed by atoms with Crippen molar-refractivity contribution >= 4 is 38.9 Å². The highest BCUT2D eigenvalue weighted by Gasteiger charge is 2.08. The number of hydrogen-bond acceptors (Lipinski definition) is 4. The van der Waals surface area contributed by atoms with Crippen LogP contribution < -0.4 is 11.1 Å². The van der Waals surface area contributed by atoms with Crippen LogP contribution in [-0.4, -0.2) is 10.9 Å². The Labute approximate surface area is 111 Å². The Morgan fingerprint density at radius 3 is 3.00 bits per heavy atom. The fourth-order valence-corrected chi connectivity index (χ4v) is 2.71. The number of hydrogen-bond donors (Lipinski definition) is 2. The second-order valence-corrected chi connectivity index (χ2v) is 5.20. The summed E-state index contributed by atoms with van der Waals surface area (Å²) in [6.45, 7) is 0.480. The van der Waals surface area contributed by atoms with Gasteiger partial charge in [0.1, 0.15) is 5.69 Å². The number of halogens is 1. The van der Waals surface area contributed by atoms with Gasteiger partial charge in [0.15, 0.2) is 0 Å². The molecular formula is C11H10BrN3OS. The zero-order valence-corrected chi connectivity index (χ0v) is 11.2. The van der Waals surface area contributed by atoms with Crippen molar-refractivity contribution in [3.8, 4) is 0 Å². The van der Waals surface area contributed by atoms with E-state index in [9.17, 15) is 4.79 Å². The SMILES string of the molecule is Nc1ccnc(C(=O)NCc2sccc2Br)c1. The molecule has 0 aromatic carbocycles. The van der Waals surface area contributed by atoms with Crippen molar-refractivity contribution in [1.82, 2.24) is 10.3 Å². The third-order valence-electron chi connectivity index (χ3n) is 2.12. The predicted octanol–water partition coefficient (Wildman–Crippen LogP) is 2.42. The van der Waals surface area contributed by atoms with Crippen LogP contribution in [0.1, 0.15) is 15.4 Å². The third kappa shape index (κ3) is 3.04. The van der Waals surface area contributed by atoms with E-state index in [-0.39, 0.29) is 5.91 Å². The largest absolute Gasteiger partial charge is 0.399 e. The summed E-state index contributed by atoms with van der Waals surface area (Å²) in [4.78, 5) is 16.8. The molecular weight excluding hydrogens is 302 g/mol. The van der Waals surface area contributed by atoms with Crippen LogP contribution in [0.15, 0.2) is 34.2 Å². The van der Waals surface area contributed by atoms with Gasteiger partial charge >= 0.3 is 0 Å². The monoisotopic (exact) mass is 311 g/mol. The molecule has 88 valence electrons. The summed E-state index contributed by atoms with van der Waals surface area (Å²) in [7, 11) is 0. The molecule has 6 heteroatoms. The summed E-state index contributed by atoms with van der Waals surface area (Å²) in [5, 5.41) is 4.76. The minimum Gasteiger partial charge on any atom is -0.399 e. The van der Waals surface area contributed by atoms with Crippen molar-refractivity contribution < 1.29 is 4.79 Å². The number of nitrogen functional groups attached to an aromatic ring is 1. The maximum atomic E-state index is 11.8. The lowest BCUT2D eigenvalue weighted by Gasteiger charge is -2.04.